The van der Waals surface area contributed by atoms with E-state index in [1.807, 2.05) is 13.8 Å². The van der Waals surface area contributed by atoms with Gasteiger partial charge in [0.2, 0.25) is 23.6 Å². The normalized spacial score (nSPS) is 17.4. The molecular weight excluding hydrogens is 486 g/mol. The summed E-state index contributed by atoms with van der Waals surface area (Å²) in [6.45, 7) is 11.2. The van der Waals surface area contributed by atoms with Crippen molar-refractivity contribution in [2.75, 3.05) is 26.7 Å². The van der Waals surface area contributed by atoms with Crippen molar-refractivity contribution in [3.05, 3.63) is 0 Å². The number of carbonyl (C=O) groups is 6. The van der Waals surface area contributed by atoms with E-state index in [2.05, 4.69) is 21.3 Å². The molecule has 0 aromatic rings. The lowest BCUT2D eigenvalue weighted by molar-refractivity contribution is -0.148. The van der Waals surface area contributed by atoms with Crippen molar-refractivity contribution in [1.82, 2.24) is 26.2 Å². The molecule has 5 amide bonds. The molecule has 0 radical (unpaired) electrons. The van der Waals surface area contributed by atoms with Crippen LogP contribution in [0.2, 0.25) is 0 Å². The van der Waals surface area contributed by atoms with Crippen molar-refractivity contribution in [2.45, 2.75) is 78.6 Å². The molecule has 0 aromatic carbocycles. The fraction of sp³-hybridized carbons (Fsp3) is 0.750. The molecule has 1 fully saturated rings. The van der Waals surface area contributed by atoms with Gasteiger partial charge in [-0.3, -0.25) is 19.2 Å². The Balaban J connectivity index is 2.92. The van der Waals surface area contributed by atoms with Crippen LogP contribution in [0.15, 0.2) is 0 Å². The average Bonchev–Trinajstić information content (AvgIpc) is 2.77. The van der Waals surface area contributed by atoms with Crippen LogP contribution < -0.4 is 21.3 Å². The second kappa shape index (κ2) is 13.8. The highest BCUT2D eigenvalue weighted by Crippen LogP contribution is 2.14. The molecule has 0 bridgehead atoms. The first-order chi connectivity index (χ1) is 17.0. The molecular formula is C24H41N5O8. The number of rotatable bonds is 10. The van der Waals surface area contributed by atoms with Gasteiger partial charge >= 0.3 is 12.1 Å². The van der Waals surface area contributed by atoms with Crippen molar-refractivity contribution in [3.8, 4) is 0 Å². The van der Waals surface area contributed by atoms with E-state index in [-0.39, 0.29) is 18.4 Å². The number of amides is 5. The summed E-state index contributed by atoms with van der Waals surface area (Å²) in [4.78, 5) is 76.1. The highest BCUT2D eigenvalue weighted by molar-refractivity contribution is 5.97. The molecule has 0 unspecified atom stereocenters. The Morgan fingerprint density at radius 2 is 1.70 bits per heavy atom. The summed E-state index contributed by atoms with van der Waals surface area (Å²) in [5, 5.41) is 10.0. The fourth-order valence-corrected chi connectivity index (χ4v) is 3.59. The minimum atomic E-state index is -1.12. The van der Waals surface area contributed by atoms with Gasteiger partial charge in [0.25, 0.3) is 0 Å². The van der Waals surface area contributed by atoms with Crippen molar-refractivity contribution < 1.29 is 38.2 Å². The van der Waals surface area contributed by atoms with Gasteiger partial charge < -0.3 is 35.6 Å². The zero-order valence-corrected chi connectivity index (χ0v) is 22.9. The van der Waals surface area contributed by atoms with E-state index in [1.54, 1.807) is 34.6 Å². The molecule has 210 valence electrons. The minimum absolute atomic E-state index is 0.104. The zero-order chi connectivity index (χ0) is 28.5. The predicted molar refractivity (Wildman–Crippen MR) is 133 cm³/mol. The predicted octanol–water partition coefficient (Wildman–Crippen LogP) is -0.317. The third kappa shape index (κ3) is 10.6. The van der Waals surface area contributed by atoms with Gasteiger partial charge in [0, 0.05) is 6.54 Å². The van der Waals surface area contributed by atoms with E-state index in [9.17, 15) is 28.8 Å². The molecule has 4 N–H and O–H groups in total. The van der Waals surface area contributed by atoms with Crippen LogP contribution in [0.3, 0.4) is 0 Å². The third-order valence-electron chi connectivity index (χ3n) is 5.32. The molecule has 0 aromatic heterocycles. The lowest BCUT2D eigenvalue weighted by atomic mass is 10.0. The Morgan fingerprint density at radius 1 is 1.08 bits per heavy atom. The number of nitrogens with one attached hydrogen (secondary N) is 4. The van der Waals surface area contributed by atoms with E-state index in [1.165, 1.54) is 7.11 Å². The topological polar surface area (TPSA) is 172 Å². The SMILES string of the molecule is COC(=O)[C@H](CC(C)C)NC(=O)CNC(=O)[C@@H]1CNC(=O)CN1C(=O)[C@@H](NC(=O)OC(C)(C)C)C(C)C. The number of hydrogen-bond donors (Lipinski definition) is 4. The van der Waals surface area contributed by atoms with E-state index >= 15 is 0 Å². The molecule has 0 aliphatic carbocycles. The Bertz CT molecular complexity index is 868. The smallest absolute Gasteiger partial charge is 0.408 e. The van der Waals surface area contributed by atoms with Gasteiger partial charge in [-0.1, -0.05) is 27.7 Å². The summed E-state index contributed by atoms with van der Waals surface area (Å²) in [7, 11) is 1.22. The maximum Gasteiger partial charge on any atom is 0.408 e. The highest BCUT2D eigenvalue weighted by atomic mass is 16.6. The quantitative estimate of drug-likeness (QED) is 0.280. The van der Waals surface area contributed by atoms with E-state index in [0.29, 0.717) is 6.42 Å². The van der Waals surface area contributed by atoms with Crippen LogP contribution in [-0.2, 0) is 33.4 Å². The molecule has 13 nitrogen and oxygen atoms in total. The second-order valence-electron chi connectivity index (χ2n) is 10.6. The minimum Gasteiger partial charge on any atom is -0.467 e. The first-order valence-corrected chi connectivity index (χ1v) is 12.3. The number of methoxy groups -OCH3 is 1. The first-order valence-electron chi connectivity index (χ1n) is 12.3. The van der Waals surface area contributed by atoms with Crippen LogP contribution in [0.4, 0.5) is 4.79 Å². The lowest BCUT2D eigenvalue weighted by Crippen LogP contribution is -2.65. The fourth-order valence-electron chi connectivity index (χ4n) is 3.59. The maximum atomic E-state index is 13.4. The molecule has 1 heterocycles. The number of esters is 1. The second-order valence-corrected chi connectivity index (χ2v) is 10.6. The van der Waals surface area contributed by atoms with Crippen LogP contribution in [0.1, 0.15) is 54.9 Å². The Hall–Kier alpha value is -3.38. The largest absolute Gasteiger partial charge is 0.467 e. The summed E-state index contributed by atoms with van der Waals surface area (Å²) in [6, 6.07) is -3.05. The van der Waals surface area contributed by atoms with Crippen LogP contribution >= 0.6 is 0 Å². The van der Waals surface area contributed by atoms with Gasteiger partial charge in [-0.15, -0.1) is 0 Å². The van der Waals surface area contributed by atoms with Gasteiger partial charge in [-0.05, 0) is 39.0 Å². The van der Waals surface area contributed by atoms with Crippen LogP contribution in [0.25, 0.3) is 0 Å². The highest BCUT2D eigenvalue weighted by Gasteiger charge is 2.40. The standard InChI is InChI=1S/C24H41N5O8/c1-13(2)9-15(22(34)36-8)27-17(30)11-26-20(32)16-10-25-18(31)12-29(16)21(33)19(14(3)4)28-23(35)37-24(5,6)7/h13-16,19H,9-12H2,1-8H3,(H,25,31)(H,26,32)(H,27,30)(H,28,35)/t15-,16-,19-/m0/s1. The molecule has 37 heavy (non-hydrogen) atoms. The molecule has 1 aliphatic heterocycles. The first kappa shape index (κ1) is 31.6. The van der Waals surface area contributed by atoms with Gasteiger partial charge in [0.05, 0.1) is 13.7 Å². The summed E-state index contributed by atoms with van der Waals surface area (Å²) in [6.07, 6.45) is -0.454. The summed E-state index contributed by atoms with van der Waals surface area (Å²) in [5.74, 6) is -3.27. The molecule has 0 saturated carbocycles. The van der Waals surface area contributed by atoms with Gasteiger partial charge in [-0.2, -0.15) is 0 Å². The van der Waals surface area contributed by atoms with Crippen molar-refractivity contribution >= 4 is 35.7 Å². The molecule has 3 atom stereocenters. The monoisotopic (exact) mass is 527 g/mol. The molecule has 13 heteroatoms. The number of piperazine rings is 1. The van der Waals surface area contributed by atoms with Gasteiger partial charge in [0.1, 0.15) is 30.3 Å². The van der Waals surface area contributed by atoms with Gasteiger partial charge in [0.15, 0.2) is 0 Å². The van der Waals surface area contributed by atoms with Crippen LogP contribution in [0.5, 0.6) is 0 Å². The molecule has 0 spiro atoms. The van der Waals surface area contributed by atoms with E-state index in [0.717, 1.165) is 4.90 Å². The molecule has 1 aliphatic rings. The Kier molecular flexibility index (Phi) is 11.8. The maximum absolute atomic E-state index is 13.4. The van der Waals surface area contributed by atoms with Crippen molar-refractivity contribution in [1.29, 1.82) is 0 Å². The Labute approximate surface area is 217 Å². The summed E-state index contributed by atoms with van der Waals surface area (Å²) < 4.78 is 9.96. The Morgan fingerprint density at radius 3 is 2.22 bits per heavy atom. The summed E-state index contributed by atoms with van der Waals surface area (Å²) >= 11 is 0. The van der Waals surface area contributed by atoms with Crippen LogP contribution in [-0.4, -0.2) is 91.1 Å². The van der Waals surface area contributed by atoms with E-state index in [4.69, 9.17) is 9.47 Å². The average molecular weight is 528 g/mol. The number of nitrogens with zero attached hydrogens (tertiary/aromatic N) is 1. The van der Waals surface area contributed by atoms with Gasteiger partial charge in [-0.25, -0.2) is 9.59 Å². The third-order valence-corrected chi connectivity index (χ3v) is 5.32. The van der Waals surface area contributed by atoms with Crippen molar-refractivity contribution in [3.63, 3.8) is 0 Å². The number of ether oxygens (including phenoxy) is 2. The lowest BCUT2D eigenvalue weighted by Gasteiger charge is -2.37. The molecule has 1 saturated heterocycles. The van der Waals surface area contributed by atoms with Crippen LogP contribution in [0, 0.1) is 11.8 Å². The molecule has 1 rings (SSSR count). The number of alkyl carbamates (subject to hydrolysis) is 1. The summed E-state index contributed by atoms with van der Waals surface area (Å²) in [5.41, 5.74) is -0.787. The van der Waals surface area contributed by atoms with E-state index < -0.39 is 72.5 Å². The zero-order valence-electron chi connectivity index (χ0n) is 22.9. The van der Waals surface area contributed by atoms with Crippen molar-refractivity contribution in [2.24, 2.45) is 11.8 Å². The number of carbonyl (C=O) groups excluding carboxylic acids is 6. The number of hydrogen-bond acceptors (Lipinski definition) is 8.